The third kappa shape index (κ3) is 2.46. The van der Waals surface area contributed by atoms with Crippen LogP contribution in [0.25, 0.3) is 0 Å². The smallest absolute Gasteiger partial charge is 0.485 e. The maximum absolute atomic E-state index is 11.0. The number of carbonyl (C=O) groups is 1. The van der Waals surface area contributed by atoms with Gasteiger partial charge in [-0.1, -0.05) is 6.58 Å². The average Bonchev–Trinajstić information content (AvgIpc) is 2.63. The Morgan fingerprint density at radius 1 is 1.44 bits per heavy atom. The molecule has 0 atom stereocenters. The molecule has 1 aliphatic heterocycles. The van der Waals surface area contributed by atoms with Gasteiger partial charge in [0, 0.05) is 10.8 Å². The fourth-order valence-electron chi connectivity index (χ4n) is 1.20. The molecule has 0 radical (unpaired) electrons. The highest BCUT2D eigenvalue weighted by Crippen LogP contribution is 2.33. The molecule has 2 heterocycles. The fourth-order valence-corrected chi connectivity index (χ4v) is 1.88. The minimum Gasteiger partial charge on any atom is -0.485 e. The van der Waals surface area contributed by atoms with E-state index in [2.05, 4.69) is 11.3 Å². The normalized spacial score (nSPS) is 15.0. The molecule has 2 rings (SSSR count). The zero-order chi connectivity index (χ0) is 11.4. The molecule has 0 unspecified atom stereocenters. The molecule has 1 aromatic rings. The van der Waals surface area contributed by atoms with Crippen LogP contribution in [0.4, 0.5) is 4.79 Å². The van der Waals surface area contributed by atoms with Gasteiger partial charge in [-0.2, -0.15) is 0 Å². The minimum atomic E-state index is -0.809. The Kier molecular flexibility index (Phi) is 3.31. The first kappa shape index (κ1) is 10.8. The van der Waals surface area contributed by atoms with Crippen molar-refractivity contribution in [2.75, 3.05) is 13.2 Å². The first-order valence-corrected chi connectivity index (χ1v) is 5.54. The first-order valence-electron chi connectivity index (χ1n) is 4.59. The Bertz CT molecular complexity index is 364. The molecule has 86 valence electrons. The molecule has 1 aromatic heterocycles. The Morgan fingerprint density at radius 2 is 2.06 bits per heavy atom. The zero-order valence-electron chi connectivity index (χ0n) is 8.38. The van der Waals surface area contributed by atoms with Gasteiger partial charge in [-0.05, 0) is 0 Å². The van der Waals surface area contributed by atoms with Crippen LogP contribution in [0.3, 0.4) is 0 Å². The van der Waals surface area contributed by atoms with Crippen molar-refractivity contribution in [1.29, 1.82) is 0 Å². The van der Waals surface area contributed by atoms with Crippen molar-refractivity contribution in [2.24, 2.45) is 0 Å². The number of fused-ring (bicyclic) bond motifs is 1. The molecule has 0 saturated heterocycles. The molecule has 1 aliphatic rings. The molecule has 0 bridgehead atoms. The molecule has 0 N–H and O–H groups in total. The summed E-state index contributed by atoms with van der Waals surface area (Å²) in [6.45, 7) is 3.74. The van der Waals surface area contributed by atoms with E-state index < -0.39 is 12.3 Å². The summed E-state index contributed by atoms with van der Waals surface area (Å²) in [5.74, 6) is 1.35. The topological polar surface area (TPSA) is 54.0 Å². The maximum atomic E-state index is 11.0. The Hall–Kier alpha value is -1.69. The summed E-state index contributed by atoms with van der Waals surface area (Å²) in [4.78, 5) is 11.0. The predicted molar refractivity (Wildman–Crippen MR) is 56.9 cm³/mol. The summed E-state index contributed by atoms with van der Waals surface area (Å²) in [6.07, 6.45) is -0.279. The highest BCUT2D eigenvalue weighted by Gasteiger charge is 2.22. The van der Waals surface area contributed by atoms with E-state index in [0.717, 1.165) is 6.26 Å². The van der Waals surface area contributed by atoms with Gasteiger partial charge < -0.3 is 18.9 Å². The van der Waals surface area contributed by atoms with Crippen molar-refractivity contribution in [1.82, 2.24) is 0 Å². The molecule has 0 spiro atoms. The van der Waals surface area contributed by atoms with Gasteiger partial charge >= 0.3 is 6.16 Å². The summed E-state index contributed by atoms with van der Waals surface area (Å²) >= 11 is 1.49. The van der Waals surface area contributed by atoms with E-state index in [1.807, 2.05) is 10.8 Å². The van der Waals surface area contributed by atoms with Gasteiger partial charge in [0.1, 0.15) is 13.2 Å². The molecule has 16 heavy (non-hydrogen) atoms. The van der Waals surface area contributed by atoms with Crippen LogP contribution in [0.15, 0.2) is 23.6 Å². The Balaban J connectivity index is 1.89. The molecule has 5 nitrogen and oxygen atoms in total. The summed E-state index contributed by atoms with van der Waals surface area (Å²) in [7, 11) is 0. The standard InChI is InChI=1S/C10H10O5S/c1-2-12-10(11)15-7-3-13-8-5-16-6-9(8)14-4-7/h2,5-7H,1,3-4H2. The molecule has 0 fully saturated rings. The predicted octanol–water partition coefficient (Wildman–Crippen LogP) is 2.18. The Morgan fingerprint density at radius 3 is 2.62 bits per heavy atom. The maximum Gasteiger partial charge on any atom is 0.513 e. The first-order chi connectivity index (χ1) is 7.79. The van der Waals surface area contributed by atoms with E-state index in [1.165, 1.54) is 11.3 Å². The lowest BCUT2D eigenvalue weighted by Crippen LogP contribution is -2.29. The van der Waals surface area contributed by atoms with Gasteiger partial charge in [0.05, 0.1) is 6.26 Å². The number of thiophene rings is 1. The number of ether oxygens (including phenoxy) is 4. The van der Waals surface area contributed by atoms with Crippen molar-refractivity contribution in [3.05, 3.63) is 23.6 Å². The van der Waals surface area contributed by atoms with E-state index in [0.29, 0.717) is 11.5 Å². The lowest BCUT2D eigenvalue weighted by atomic mass is 10.4. The monoisotopic (exact) mass is 242 g/mol. The van der Waals surface area contributed by atoms with Crippen LogP contribution in [0.2, 0.25) is 0 Å². The van der Waals surface area contributed by atoms with Gasteiger partial charge in [0.25, 0.3) is 0 Å². The molecular formula is C10H10O5S. The largest absolute Gasteiger partial charge is 0.513 e. The van der Waals surface area contributed by atoms with Gasteiger partial charge in [-0.3, -0.25) is 0 Å². The molecule has 0 aliphatic carbocycles. The van der Waals surface area contributed by atoms with Crippen molar-refractivity contribution in [3.63, 3.8) is 0 Å². The lowest BCUT2D eigenvalue weighted by molar-refractivity contribution is 0.0129. The third-order valence-electron chi connectivity index (χ3n) is 1.88. The van der Waals surface area contributed by atoms with Gasteiger partial charge in [0.15, 0.2) is 17.6 Å². The Labute approximate surface area is 96.2 Å². The fraction of sp³-hybridized carbons (Fsp3) is 0.300. The van der Waals surface area contributed by atoms with Crippen molar-refractivity contribution < 1.29 is 23.7 Å². The number of rotatable bonds is 2. The average molecular weight is 242 g/mol. The van der Waals surface area contributed by atoms with E-state index in [9.17, 15) is 4.79 Å². The van der Waals surface area contributed by atoms with Crippen LogP contribution in [0.1, 0.15) is 0 Å². The second-order valence-corrected chi connectivity index (χ2v) is 3.74. The molecule has 0 saturated carbocycles. The molecule has 0 aromatic carbocycles. The molecular weight excluding hydrogens is 232 g/mol. The van der Waals surface area contributed by atoms with Crippen molar-refractivity contribution in [3.8, 4) is 11.5 Å². The summed E-state index contributed by atoms with van der Waals surface area (Å²) in [5.41, 5.74) is 0. The van der Waals surface area contributed by atoms with E-state index in [1.54, 1.807) is 0 Å². The quantitative estimate of drug-likeness (QED) is 0.587. The molecule has 6 heteroatoms. The van der Waals surface area contributed by atoms with Gasteiger partial charge in [-0.15, -0.1) is 11.3 Å². The van der Waals surface area contributed by atoms with Gasteiger partial charge in [0.2, 0.25) is 0 Å². The third-order valence-corrected chi connectivity index (χ3v) is 2.59. The summed E-state index contributed by atoms with van der Waals surface area (Å²) < 4.78 is 20.2. The van der Waals surface area contributed by atoms with E-state index >= 15 is 0 Å². The highest BCUT2D eigenvalue weighted by atomic mass is 32.1. The lowest BCUT2D eigenvalue weighted by Gasteiger charge is -2.13. The second-order valence-electron chi connectivity index (χ2n) is 3.00. The molecule has 0 amide bonds. The number of hydrogen-bond acceptors (Lipinski definition) is 6. The van der Waals surface area contributed by atoms with E-state index in [4.69, 9.17) is 14.2 Å². The SMILES string of the molecule is C=COC(=O)OC1COc2cscc2OC1. The second kappa shape index (κ2) is 4.89. The van der Waals surface area contributed by atoms with Gasteiger partial charge in [-0.25, -0.2) is 4.79 Å². The van der Waals surface area contributed by atoms with E-state index in [-0.39, 0.29) is 13.2 Å². The van der Waals surface area contributed by atoms with Crippen LogP contribution in [0.5, 0.6) is 11.5 Å². The zero-order valence-corrected chi connectivity index (χ0v) is 9.20. The van der Waals surface area contributed by atoms with Crippen LogP contribution in [-0.4, -0.2) is 25.5 Å². The van der Waals surface area contributed by atoms with Crippen molar-refractivity contribution in [2.45, 2.75) is 6.10 Å². The summed E-state index contributed by atoms with van der Waals surface area (Å²) in [5, 5.41) is 3.67. The number of hydrogen-bond donors (Lipinski definition) is 0. The van der Waals surface area contributed by atoms with Crippen LogP contribution in [-0.2, 0) is 9.47 Å². The van der Waals surface area contributed by atoms with Crippen molar-refractivity contribution >= 4 is 17.5 Å². The van der Waals surface area contributed by atoms with Crippen LogP contribution >= 0.6 is 11.3 Å². The highest BCUT2D eigenvalue weighted by molar-refractivity contribution is 7.08. The number of carbonyl (C=O) groups excluding carboxylic acids is 1. The van der Waals surface area contributed by atoms with Crippen LogP contribution < -0.4 is 9.47 Å². The minimum absolute atomic E-state index is 0.246. The summed E-state index contributed by atoms with van der Waals surface area (Å²) in [6, 6.07) is 0. The van der Waals surface area contributed by atoms with Crippen LogP contribution in [0, 0.1) is 0 Å².